The Balaban J connectivity index is 3.97. The van der Waals surface area contributed by atoms with E-state index in [1.807, 2.05) is 0 Å². The number of carbonyl (C=O) groups excluding carboxylic acids is 2. The third kappa shape index (κ3) is 48.1. The van der Waals surface area contributed by atoms with Crippen molar-refractivity contribution in [2.45, 2.75) is 277 Å². The van der Waals surface area contributed by atoms with Crippen molar-refractivity contribution in [1.82, 2.24) is 0 Å². The number of phosphoric ester groups is 1. The van der Waals surface area contributed by atoms with Crippen molar-refractivity contribution in [1.29, 1.82) is 0 Å². The summed E-state index contributed by atoms with van der Waals surface area (Å²) in [6.07, 6.45) is 52.5. The number of unbranched alkanes of at least 4 members (excludes halogenated alkanes) is 35. The lowest BCUT2D eigenvalue weighted by Gasteiger charge is -2.19. The topological polar surface area (TPSA) is 134 Å². The number of carbonyl (C=O) groups is 2. The highest BCUT2D eigenvalue weighted by Crippen LogP contribution is 2.43. The number of rotatable bonds is 50. The summed E-state index contributed by atoms with van der Waals surface area (Å²) < 4.78 is 32.9. The summed E-state index contributed by atoms with van der Waals surface area (Å²) in [5.74, 6) is -0.817. The summed E-state index contributed by atoms with van der Waals surface area (Å²) >= 11 is 0. The van der Waals surface area contributed by atoms with Crippen molar-refractivity contribution in [3.8, 4) is 0 Å². The van der Waals surface area contributed by atoms with Crippen molar-refractivity contribution in [3.63, 3.8) is 0 Å². The van der Waals surface area contributed by atoms with Gasteiger partial charge in [0, 0.05) is 19.4 Å². The smallest absolute Gasteiger partial charge is 0.462 e. The monoisotopic (exact) mass is 886 g/mol. The Labute approximate surface area is 377 Å². The molecule has 0 fully saturated rings. The van der Waals surface area contributed by atoms with Gasteiger partial charge in [0.2, 0.25) is 0 Å². The lowest BCUT2D eigenvalue weighted by atomic mass is 10.0. The van der Waals surface area contributed by atoms with Gasteiger partial charge in [-0.3, -0.25) is 18.6 Å². The van der Waals surface area contributed by atoms with Gasteiger partial charge in [0.05, 0.1) is 13.2 Å². The van der Waals surface area contributed by atoms with Crippen molar-refractivity contribution in [3.05, 3.63) is 12.2 Å². The molecule has 0 aliphatic rings. The first-order chi connectivity index (χ1) is 29.8. The van der Waals surface area contributed by atoms with E-state index < -0.39 is 26.5 Å². The van der Waals surface area contributed by atoms with Gasteiger partial charge in [0.1, 0.15) is 6.61 Å². The molecule has 10 heteroatoms. The van der Waals surface area contributed by atoms with Crippen LogP contribution >= 0.6 is 7.82 Å². The summed E-state index contributed by atoms with van der Waals surface area (Å²) in [6.45, 7) is 3.78. The third-order valence-corrected chi connectivity index (χ3v) is 12.6. The Morgan fingerprint density at radius 2 is 0.803 bits per heavy atom. The molecule has 2 unspecified atom stereocenters. The minimum Gasteiger partial charge on any atom is -0.462 e. The molecule has 61 heavy (non-hydrogen) atoms. The van der Waals surface area contributed by atoms with Crippen LogP contribution in [0.15, 0.2) is 12.2 Å². The maximum Gasteiger partial charge on any atom is 0.472 e. The fraction of sp³-hybridized carbons (Fsp3) is 0.922. The number of allylic oxidation sites excluding steroid dienone is 2. The average molecular weight is 886 g/mol. The highest BCUT2D eigenvalue weighted by Gasteiger charge is 2.26. The molecule has 0 radical (unpaired) electrons. The van der Waals surface area contributed by atoms with E-state index in [1.54, 1.807) is 0 Å². The Hall–Kier alpha value is -1.25. The number of hydrogen-bond acceptors (Lipinski definition) is 8. The van der Waals surface area contributed by atoms with Crippen LogP contribution in [0.5, 0.6) is 0 Å². The zero-order chi connectivity index (χ0) is 44.6. The molecule has 0 aromatic rings. The van der Waals surface area contributed by atoms with Crippen molar-refractivity contribution < 1.29 is 37.6 Å². The fourth-order valence-corrected chi connectivity index (χ4v) is 8.52. The molecule has 0 aromatic carbocycles. The van der Waals surface area contributed by atoms with Crippen LogP contribution in [0.3, 0.4) is 0 Å². The predicted octanol–water partition coefficient (Wildman–Crippen LogP) is 15.7. The van der Waals surface area contributed by atoms with Crippen molar-refractivity contribution in [2.75, 3.05) is 26.4 Å². The zero-order valence-corrected chi connectivity index (χ0v) is 41.1. The van der Waals surface area contributed by atoms with E-state index in [4.69, 9.17) is 24.3 Å². The molecule has 0 spiro atoms. The number of esters is 2. The molecule has 0 saturated heterocycles. The standard InChI is InChI=1S/C51H100NO8P/c1-3-5-7-9-11-13-15-17-19-21-22-23-24-25-26-28-29-31-33-35-37-39-41-43-50(53)57-47-49(48-59-61(55,56)58-46-45-52)60-51(54)44-42-40-38-36-34-32-30-27-20-18-16-14-12-10-8-6-4-2/h18,20,49H,3-17,19,21-48,52H2,1-2H3,(H,55,56)/b20-18-. The first-order valence-electron chi connectivity index (χ1n) is 26.2. The normalized spacial score (nSPS) is 13.2. The van der Waals surface area contributed by atoms with Crippen molar-refractivity contribution in [2.24, 2.45) is 5.73 Å². The van der Waals surface area contributed by atoms with Crippen LogP contribution < -0.4 is 5.73 Å². The maximum absolute atomic E-state index is 12.6. The van der Waals surface area contributed by atoms with Gasteiger partial charge in [-0.2, -0.15) is 0 Å². The minimum atomic E-state index is -4.38. The van der Waals surface area contributed by atoms with Crippen molar-refractivity contribution >= 4 is 19.8 Å². The van der Waals surface area contributed by atoms with E-state index in [1.165, 1.54) is 193 Å². The SMILES string of the molecule is CCCCCCCC/C=C\CCCCCCCCCC(=O)OC(COC(=O)CCCCCCCCCCCCCCCCCCCCCCCCC)COP(=O)(O)OCCN. The molecular weight excluding hydrogens is 786 g/mol. The van der Waals surface area contributed by atoms with Gasteiger partial charge in [-0.05, 0) is 38.5 Å². The fourth-order valence-electron chi connectivity index (χ4n) is 7.75. The number of ether oxygens (including phenoxy) is 2. The first-order valence-corrected chi connectivity index (χ1v) is 27.7. The van der Waals surface area contributed by atoms with Gasteiger partial charge in [-0.25, -0.2) is 4.57 Å². The molecular formula is C51H100NO8P. The molecule has 3 N–H and O–H groups in total. The van der Waals surface area contributed by atoms with Gasteiger partial charge in [-0.1, -0.05) is 231 Å². The average Bonchev–Trinajstić information content (AvgIpc) is 3.25. The Bertz CT molecular complexity index is 1010. The van der Waals surface area contributed by atoms with E-state index in [-0.39, 0.29) is 38.6 Å². The third-order valence-electron chi connectivity index (χ3n) is 11.7. The van der Waals surface area contributed by atoms with E-state index in [0.29, 0.717) is 6.42 Å². The Morgan fingerprint density at radius 1 is 0.475 bits per heavy atom. The van der Waals surface area contributed by atoms with Gasteiger partial charge in [0.15, 0.2) is 6.10 Å². The molecule has 0 rings (SSSR count). The maximum atomic E-state index is 12.6. The van der Waals surface area contributed by atoms with Crippen LogP contribution in [0, 0.1) is 0 Å². The summed E-state index contributed by atoms with van der Waals surface area (Å²) in [5, 5.41) is 0. The minimum absolute atomic E-state index is 0.0558. The summed E-state index contributed by atoms with van der Waals surface area (Å²) in [4.78, 5) is 35.0. The molecule has 0 amide bonds. The first kappa shape index (κ1) is 59.8. The summed E-state index contributed by atoms with van der Waals surface area (Å²) in [7, 11) is -4.38. The van der Waals surface area contributed by atoms with Gasteiger partial charge >= 0.3 is 19.8 Å². The Morgan fingerprint density at radius 3 is 1.16 bits per heavy atom. The van der Waals surface area contributed by atoms with E-state index in [2.05, 4.69) is 26.0 Å². The molecule has 0 aromatic heterocycles. The molecule has 0 bridgehead atoms. The second-order valence-electron chi connectivity index (χ2n) is 17.8. The van der Waals surface area contributed by atoms with Crippen LogP contribution in [-0.2, 0) is 32.7 Å². The Kier molecular flexibility index (Phi) is 47.2. The lowest BCUT2D eigenvalue weighted by Crippen LogP contribution is -2.29. The van der Waals surface area contributed by atoms with Gasteiger partial charge in [0.25, 0.3) is 0 Å². The molecule has 9 nitrogen and oxygen atoms in total. The molecule has 362 valence electrons. The largest absolute Gasteiger partial charge is 0.472 e. The van der Waals surface area contributed by atoms with E-state index in [0.717, 1.165) is 44.9 Å². The zero-order valence-electron chi connectivity index (χ0n) is 40.2. The quantitative estimate of drug-likeness (QED) is 0.0265. The van der Waals surface area contributed by atoms with E-state index >= 15 is 0 Å². The highest BCUT2D eigenvalue weighted by molar-refractivity contribution is 7.47. The molecule has 0 heterocycles. The molecule has 2 atom stereocenters. The van der Waals surface area contributed by atoms with Crippen LogP contribution in [0.4, 0.5) is 0 Å². The van der Waals surface area contributed by atoms with E-state index in [9.17, 15) is 19.0 Å². The van der Waals surface area contributed by atoms with Gasteiger partial charge < -0.3 is 20.1 Å². The number of nitrogens with two attached hydrogens (primary N) is 1. The molecule has 0 aliphatic carbocycles. The van der Waals surface area contributed by atoms with Gasteiger partial charge in [-0.15, -0.1) is 0 Å². The highest BCUT2D eigenvalue weighted by atomic mass is 31.2. The van der Waals surface area contributed by atoms with Crippen LogP contribution in [-0.4, -0.2) is 49.3 Å². The number of phosphoric acid groups is 1. The second kappa shape index (κ2) is 48.2. The summed E-state index contributed by atoms with van der Waals surface area (Å²) in [6, 6.07) is 0. The lowest BCUT2D eigenvalue weighted by molar-refractivity contribution is -0.161. The van der Waals surface area contributed by atoms with Crippen LogP contribution in [0.25, 0.3) is 0 Å². The molecule has 0 aliphatic heterocycles. The predicted molar refractivity (Wildman–Crippen MR) is 257 cm³/mol. The second-order valence-corrected chi connectivity index (χ2v) is 19.2. The van der Waals surface area contributed by atoms with Crippen LogP contribution in [0.2, 0.25) is 0 Å². The summed E-state index contributed by atoms with van der Waals surface area (Å²) in [5.41, 5.74) is 5.37. The molecule has 0 saturated carbocycles. The van der Waals surface area contributed by atoms with Crippen LogP contribution in [0.1, 0.15) is 271 Å². The number of hydrogen-bond donors (Lipinski definition) is 2.